The van der Waals surface area contributed by atoms with Gasteiger partial charge in [-0.2, -0.15) is 0 Å². The van der Waals surface area contributed by atoms with Gasteiger partial charge in [0, 0.05) is 10.8 Å². The lowest BCUT2D eigenvalue weighted by Crippen LogP contribution is -2.34. The van der Waals surface area contributed by atoms with E-state index in [1.807, 2.05) is 13.8 Å². The number of hydrogen-bond acceptors (Lipinski definition) is 4. The minimum absolute atomic E-state index is 0.0575. The molecule has 0 aliphatic rings. The molecule has 0 unspecified atom stereocenters. The fraction of sp³-hybridized carbons (Fsp3) is 1.00. The molecule has 0 aliphatic carbocycles. The molecule has 0 rings (SSSR count). The zero-order valence-electron chi connectivity index (χ0n) is 9.29. The molecule has 86 valence electrons. The van der Waals surface area contributed by atoms with E-state index in [-0.39, 0.29) is 25.2 Å². The first-order valence-corrected chi connectivity index (χ1v) is 4.79. The highest BCUT2D eigenvalue weighted by Crippen LogP contribution is 2.18. The van der Waals surface area contributed by atoms with Crippen molar-refractivity contribution >= 4 is 0 Å². The standard InChI is InChI=1S/C10H22O4/c1-9(2,4-11)7-14-8-10(3,5-12)6-13/h11-13H,4-8H2,1-3H3. The molecule has 0 aromatic rings. The third kappa shape index (κ3) is 4.91. The van der Waals surface area contributed by atoms with Crippen LogP contribution in [0.4, 0.5) is 0 Å². The molecular weight excluding hydrogens is 184 g/mol. The van der Waals surface area contributed by atoms with Crippen molar-refractivity contribution in [3.8, 4) is 0 Å². The number of ether oxygens (including phenoxy) is 1. The minimum Gasteiger partial charge on any atom is -0.396 e. The van der Waals surface area contributed by atoms with E-state index in [1.54, 1.807) is 6.92 Å². The first-order chi connectivity index (χ1) is 6.39. The first-order valence-electron chi connectivity index (χ1n) is 4.79. The lowest BCUT2D eigenvalue weighted by atomic mass is 9.93. The Bertz CT molecular complexity index is 152. The highest BCUT2D eigenvalue weighted by Gasteiger charge is 2.24. The van der Waals surface area contributed by atoms with E-state index in [4.69, 9.17) is 20.1 Å². The van der Waals surface area contributed by atoms with Gasteiger partial charge in [0.05, 0.1) is 33.0 Å². The van der Waals surface area contributed by atoms with E-state index in [0.29, 0.717) is 13.2 Å². The average molecular weight is 206 g/mol. The van der Waals surface area contributed by atoms with Crippen molar-refractivity contribution < 1.29 is 20.1 Å². The molecule has 0 spiro atoms. The largest absolute Gasteiger partial charge is 0.396 e. The molecule has 0 amide bonds. The van der Waals surface area contributed by atoms with Crippen molar-refractivity contribution in [1.82, 2.24) is 0 Å². The summed E-state index contributed by atoms with van der Waals surface area (Å²) in [5, 5.41) is 26.9. The molecule has 0 aromatic carbocycles. The Morgan fingerprint density at radius 3 is 1.71 bits per heavy atom. The molecule has 3 N–H and O–H groups in total. The SMILES string of the molecule is CC(C)(CO)COCC(C)(CO)CO. The average Bonchev–Trinajstić information content (AvgIpc) is 2.17. The van der Waals surface area contributed by atoms with Crippen LogP contribution in [0.15, 0.2) is 0 Å². The summed E-state index contributed by atoms with van der Waals surface area (Å²) in [5.74, 6) is 0. The van der Waals surface area contributed by atoms with Gasteiger partial charge in [-0.1, -0.05) is 20.8 Å². The second-order valence-electron chi connectivity index (χ2n) is 4.94. The summed E-state index contributed by atoms with van der Waals surface area (Å²) in [7, 11) is 0. The molecule has 0 saturated carbocycles. The Labute approximate surface area is 85.5 Å². The second-order valence-corrected chi connectivity index (χ2v) is 4.94. The summed E-state index contributed by atoms with van der Waals surface area (Å²) in [5.41, 5.74) is -0.864. The van der Waals surface area contributed by atoms with Gasteiger partial charge in [-0.3, -0.25) is 0 Å². The van der Waals surface area contributed by atoms with E-state index < -0.39 is 5.41 Å². The predicted molar refractivity (Wildman–Crippen MR) is 54.0 cm³/mol. The van der Waals surface area contributed by atoms with Crippen LogP contribution < -0.4 is 0 Å². The molecule has 0 heterocycles. The van der Waals surface area contributed by atoms with Crippen LogP contribution in [0.2, 0.25) is 0 Å². The Morgan fingerprint density at radius 2 is 1.36 bits per heavy atom. The molecule has 4 nitrogen and oxygen atoms in total. The molecular formula is C10H22O4. The van der Waals surface area contributed by atoms with E-state index in [2.05, 4.69) is 0 Å². The van der Waals surface area contributed by atoms with Crippen molar-refractivity contribution in [2.24, 2.45) is 10.8 Å². The summed E-state index contributed by atoms with van der Waals surface area (Å²) >= 11 is 0. The van der Waals surface area contributed by atoms with Crippen LogP contribution in [-0.4, -0.2) is 48.4 Å². The molecule has 0 atom stereocenters. The molecule has 0 saturated heterocycles. The summed E-state index contributed by atoms with van der Waals surface area (Å²) in [6.45, 7) is 6.08. The quantitative estimate of drug-likeness (QED) is 0.549. The van der Waals surface area contributed by atoms with E-state index in [9.17, 15) is 0 Å². The molecule has 14 heavy (non-hydrogen) atoms. The Morgan fingerprint density at radius 1 is 0.857 bits per heavy atom. The normalized spacial score (nSPS) is 13.3. The molecule has 0 bridgehead atoms. The van der Waals surface area contributed by atoms with Gasteiger partial charge < -0.3 is 20.1 Å². The zero-order valence-corrected chi connectivity index (χ0v) is 9.29. The molecule has 0 radical (unpaired) electrons. The zero-order chi connectivity index (χ0) is 11.2. The van der Waals surface area contributed by atoms with E-state index in [0.717, 1.165) is 0 Å². The molecule has 0 fully saturated rings. The highest BCUT2D eigenvalue weighted by molar-refractivity contribution is 4.72. The third-order valence-corrected chi connectivity index (χ3v) is 2.13. The van der Waals surface area contributed by atoms with Crippen LogP contribution >= 0.6 is 0 Å². The predicted octanol–water partition coefficient (Wildman–Crippen LogP) is 0.0124. The van der Waals surface area contributed by atoms with Gasteiger partial charge in [0.2, 0.25) is 0 Å². The van der Waals surface area contributed by atoms with Gasteiger partial charge in [0.25, 0.3) is 0 Å². The monoisotopic (exact) mass is 206 g/mol. The van der Waals surface area contributed by atoms with Crippen LogP contribution in [0.1, 0.15) is 20.8 Å². The Hall–Kier alpha value is -0.160. The van der Waals surface area contributed by atoms with Gasteiger partial charge in [-0.05, 0) is 0 Å². The van der Waals surface area contributed by atoms with Crippen LogP contribution in [0.3, 0.4) is 0 Å². The third-order valence-electron chi connectivity index (χ3n) is 2.13. The number of aliphatic hydroxyl groups is 3. The smallest absolute Gasteiger partial charge is 0.0564 e. The van der Waals surface area contributed by atoms with Crippen molar-refractivity contribution in [3.05, 3.63) is 0 Å². The maximum Gasteiger partial charge on any atom is 0.0564 e. The maximum atomic E-state index is 8.98. The van der Waals surface area contributed by atoms with Crippen molar-refractivity contribution in [3.63, 3.8) is 0 Å². The van der Waals surface area contributed by atoms with Crippen molar-refractivity contribution in [1.29, 1.82) is 0 Å². The fourth-order valence-electron chi connectivity index (χ4n) is 0.761. The van der Waals surface area contributed by atoms with Crippen molar-refractivity contribution in [2.75, 3.05) is 33.0 Å². The van der Waals surface area contributed by atoms with Gasteiger partial charge in [0.1, 0.15) is 0 Å². The molecule has 4 heteroatoms. The Kier molecular flexibility index (Phi) is 5.59. The lowest BCUT2D eigenvalue weighted by Gasteiger charge is -2.27. The van der Waals surface area contributed by atoms with Gasteiger partial charge in [-0.25, -0.2) is 0 Å². The van der Waals surface area contributed by atoms with Crippen LogP contribution in [0.5, 0.6) is 0 Å². The summed E-state index contributed by atoms with van der Waals surface area (Å²) in [6.07, 6.45) is 0. The lowest BCUT2D eigenvalue weighted by molar-refractivity contribution is -0.0465. The highest BCUT2D eigenvalue weighted by atomic mass is 16.5. The van der Waals surface area contributed by atoms with Gasteiger partial charge >= 0.3 is 0 Å². The van der Waals surface area contributed by atoms with Crippen LogP contribution in [0.25, 0.3) is 0 Å². The van der Waals surface area contributed by atoms with Gasteiger partial charge in [-0.15, -0.1) is 0 Å². The maximum absolute atomic E-state index is 8.98. The summed E-state index contributed by atoms with van der Waals surface area (Å²) in [6, 6.07) is 0. The second kappa shape index (κ2) is 5.66. The van der Waals surface area contributed by atoms with Crippen molar-refractivity contribution in [2.45, 2.75) is 20.8 Å². The number of hydrogen-bond donors (Lipinski definition) is 3. The molecule has 0 aliphatic heterocycles. The first kappa shape index (κ1) is 13.8. The van der Waals surface area contributed by atoms with Crippen LogP contribution in [0, 0.1) is 10.8 Å². The number of rotatable bonds is 7. The van der Waals surface area contributed by atoms with E-state index in [1.165, 1.54) is 0 Å². The molecule has 0 aromatic heterocycles. The minimum atomic E-state index is -0.592. The Balaban J connectivity index is 3.83. The van der Waals surface area contributed by atoms with E-state index >= 15 is 0 Å². The van der Waals surface area contributed by atoms with Gasteiger partial charge in [0.15, 0.2) is 0 Å². The summed E-state index contributed by atoms with van der Waals surface area (Å²) < 4.78 is 5.36. The van der Waals surface area contributed by atoms with Crippen LogP contribution in [-0.2, 0) is 4.74 Å². The number of aliphatic hydroxyl groups excluding tert-OH is 3. The summed E-state index contributed by atoms with van der Waals surface area (Å²) in [4.78, 5) is 0. The topological polar surface area (TPSA) is 69.9 Å². The fourth-order valence-corrected chi connectivity index (χ4v) is 0.761.